The molecule has 0 bridgehead atoms. The normalized spacial score (nSPS) is 35.9. The average molecular weight is 523 g/mol. The summed E-state index contributed by atoms with van der Waals surface area (Å²) < 4.78 is 0. The van der Waals surface area contributed by atoms with E-state index in [-0.39, 0.29) is 48.3 Å². The summed E-state index contributed by atoms with van der Waals surface area (Å²) in [5.41, 5.74) is 3.54. The molecule has 0 aromatic heterocycles. The van der Waals surface area contributed by atoms with Crippen LogP contribution in [0.4, 0.5) is 0 Å². The lowest BCUT2D eigenvalue weighted by atomic mass is 9.47. The van der Waals surface area contributed by atoms with Gasteiger partial charge >= 0.3 is 5.97 Å². The number of benzene rings is 1. The Kier molecular flexibility index (Phi) is 7.67. The molecule has 0 radical (unpaired) electrons. The average Bonchev–Trinajstić information content (AvgIpc) is 3.21. The van der Waals surface area contributed by atoms with Crippen LogP contribution in [0, 0.1) is 28.6 Å². The topological polar surface area (TPSA) is 108 Å². The fourth-order valence-corrected chi connectivity index (χ4v) is 8.32. The number of carbonyl (C=O) groups is 2. The number of carboxylic acid groups (broad SMARTS) is 1. The quantitative estimate of drug-likeness (QED) is 0.414. The van der Waals surface area contributed by atoms with Crippen LogP contribution in [0.3, 0.4) is 0 Å². The molecule has 0 aliphatic heterocycles. The van der Waals surface area contributed by atoms with Gasteiger partial charge < -0.3 is 20.4 Å². The Balaban J connectivity index is 1.16. The van der Waals surface area contributed by atoms with E-state index in [1.165, 1.54) is 24.8 Å². The van der Waals surface area contributed by atoms with Crippen molar-refractivity contribution in [3.05, 3.63) is 47.5 Å². The predicted molar refractivity (Wildman–Crippen MR) is 146 cm³/mol. The van der Waals surface area contributed by atoms with Crippen molar-refractivity contribution in [3.8, 4) is 0 Å². The lowest BCUT2D eigenvalue weighted by molar-refractivity contribution is -0.137. The summed E-state index contributed by atoms with van der Waals surface area (Å²) in [6, 6.07) is 9.37. The van der Waals surface area contributed by atoms with Gasteiger partial charge in [-0.25, -0.2) is 0 Å². The number of fused-ring (bicyclic) bond motifs is 5. The largest absolute Gasteiger partial charge is 0.481 e. The molecule has 7 atom stereocenters. The number of aliphatic hydroxyl groups excluding tert-OH is 1. The van der Waals surface area contributed by atoms with Crippen LogP contribution in [0.15, 0.2) is 47.1 Å². The highest BCUT2D eigenvalue weighted by Gasteiger charge is 2.58. The molecule has 7 nitrogen and oxygen atoms in total. The van der Waals surface area contributed by atoms with Crippen LogP contribution in [0.2, 0.25) is 0 Å². The zero-order chi connectivity index (χ0) is 26.9. The highest BCUT2D eigenvalue weighted by atomic mass is 16.6. The monoisotopic (exact) mass is 522 g/mol. The van der Waals surface area contributed by atoms with Crippen LogP contribution in [0.25, 0.3) is 0 Å². The molecule has 1 aromatic rings. The summed E-state index contributed by atoms with van der Waals surface area (Å²) >= 11 is 0. The van der Waals surface area contributed by atoms with E-state index in [4.69, 9.17) is 4.84 Å². The standard InChI is InChI=1S/C31H42N2O5/c1-30-14-12-23(17-22(30)8-9-24-25-10-11-27(34)31(25,2)15-13-26(24)30)33-38-19-28(35)32-18-21(16-29(36)37)20-6-4-3-5-7-20/h3-7,17,21,24-27,34H,8-16,18-19H2,1-2H3,(H,32,35)(H,36,37)/t21-,24+,25-,26+,27+,30-,31-/m0/s1. The zero-order valence-electron chi connectivity index (χ0n) is 22.7. The van der Waals surface area contributed by atoms with E-state index in [1.54, 1.807) is 0 Å². The van der Waals surface area contributed by atoms with Gasteiger partial charge in [0.1, 0.15) is 0 Å². The Bertz CT molecular complexity index is 1100. The van der Waals surface area contributed by atoms with Crippen molar-refractivity contribution in [2.75, 3.05) is 13.2 Å². The maximum Gasteiger partial charge on any atom is 0.304 e. The number of aliphatic carboxylic acids is 1. The third kappa shape index (κ3) is 5.14. The second kappa shape index (κ2) is 10.8. The van der Waals surface area contributed by atoms with E-state index in [9.17, 15) is 19.8 Å². The van der Waals surface area contributed by atoms with E-state index < -0.39 is 5.97 Å². The van der Waals surface area contributed by atoms with Gasteiger partial charge in [0.15, 0.2) is 6.61 Å². The molecule has 38 heavy (non-hydrogen) atoms. The third-order valence-electron chi connectivity index (χ3n) is 10.5. The van der Waals surface area contributed by atoms with Crippen LogP contribution in [0.1, 0.15) is 83.1 Å². The molecular weight excluding hydrogens is 480 g/mol. The minimum Gasteiger partial charge on any atom is -0.481 e. The molecule has 0 unspecified atom stereocenters. The van der Waals surface area contributed by atoms with E-state index in [0.717, 1.165) is 43.4 Å². The van der Waals surface area contributed by atoms with Crippen LogP contribution in [-0.2, 0) is 14.4 Å². The number of amides is 1. The highest BCUT2D eigenvalue weighted by molar-refractivity contribution is 5.96. The van der Waals surface area contributed by atoms with Crippen molar-refractivity contribution in [2.24, 2.45) is 33.7 Å². The van der Waals surface area contributed by atoms with Crippen molar-refractivity contribution >= 4 is 17.6 Å². The van der Waals surface area contributed by atoms with Gasteiger partial charge in [-0.3, -0.25) is 9.59 Å². The summed E-state index contributed by atoms with van der Waals surface area (Å²) in [7, 11) is 0. The van der Waals surface area contributed by atoms with Gasteiger partial charge in [-0.15, -0.1) is 0 Å². The molecule has 0 heterocycles. The number of allylic oxidation sites excluding steroid dienone is 2. The third-order valence-corrected chi connectivity index (χ3v) is 10.5. The van der Waals surface area contributed by atoms with Crippen molar-refractivity contribution in [1.82, 2.24) is 5.32 Å². The number of aliphatic hydroxyl groups is 1. The number of nitrogens with zero attached hydrogens (tertiary/aromatic N) is 1. The molecule has 5 rings (SSSR count). The van der Waals surface area contributed by atoms with E-state index in [0.29, 0.717) is 17.8 Å². The van der Waals surface area contributed by atoms with Crippen molar-refractivity contribution < 1.29 is 24.6 Å². The number of rotatable bonds is 8. The number of oxime groups is 1. The maximum absolute atomic E-state index is 12.4. The highest BCUT2D eigenvalue weighted by Crippen LogP contribution is 2.65. The molecule has 7 heteroatoms. The molecule has 206 valence electrons. The lowest BCUT2D eigenvalue weighted by Gasteiger charge is -2.57. The maximum atomic E-state index is 12.4. The Morgan fingerprint density at radius 1 is 1.08 bits per heavy atom. The second-order valence-corrected chi connectivity index (χ2v) is 12.5. The first-order valence-corrected chi connectivity index (χ1v) is 14.3. The minimum absolute atomic E-state index is 0.0534. The molecule has 3 fully saturated rings. The van der Waals surface area contributed by atoms with Crippen molar-refractivity contribution in [1.29, 1.82) is 0 Å². The Morgan fingerprint density at radius 2 is 1.87 bits per heavy atom. The molecular formula is C31H42N2O5. The van der Waals surface area contributed by atoms with Gasteiger partial charge in [0.05, 0.1) is 18.2 Å². The number of nitrogens with one attached hydrogen (secondary N) is 1. The first kappa shape index (κ1) is 26.9. The summed E-state index contributed by atoms with van der Waals surface area (Å²) in [4.78, 5) is 29.1. The van der Waals surface area contributed by atoms with E-state index in [2.05, 4.69) is 30.4 Å². The molecule has 0 spiro atoms. The number of hydrogen-bond acceptors (Lipinski definition) is 5. The summed E-state index contributed by atoms with van der Waals surface area (Å²) in [5.74, 6) is 0.506. The van der Waals surface area contributed by atoms with E-state index >= 15 is 0 Å². The summed E-state index contributed by atoms with van der Waals surface area (Å²) in [5, 5.41) is 27.0. The van der Waals surface area contributed by atoms with Crippen molar-refractivity contribution in [3.63, 3.8) is 0 Å². The van der Waals surface area contributed by atoms with Crippen molar-refractivity contribution in [2.45, 2.75) is 83.7 Å². The van der Waals surface area contributed by atoms with Gasteiger partial charge in [-0.1, -0.05) is 54.9 Å². The molecule has 3 saturated carbocycles. The molecule has 4 aliphatic carbocycles. The second-order valence-electron chi connectivity index (χ2n) is 12.5. The fraction of sp³-hybridized carbons (Fsp3) is 0.645. The van der Waals surface area contributed by atoms with Gasteiger partial charge in [-0.05, 0) is 91.6 Å². The van der Waals surface area contributed by atoms with Gasteiger partial charge in [0, 0.05) is 12.5 Å². The first-order chi connectivity index (χ1) is 18.2. The summed E-state index contributed by atoms with van der Waals surface area (Å²) in [6.07, 6.45) is 10.6. The molecule has 1 amide bonds. The molecule has 3 N–H and O–H groups in total. The Labute approximate surface area is 225 Å². The minimum atomic E-state index is -0.898. The molecule has 0 saturated heterocycles. The molecule has 4 aliphatic rings. The lowest BCUT2D eigenvalue weighted by Crippen LogP contribution is -2.51. The van der Waals surface area contributed by atoms with Crippen LogP contribution in [-0.4, -0.2) is 47.1 Å². The zero-order valence-corrected chi connectivity index (χ0v) is 22.7. The Morgan fingerprint density at radius 3 is 2.63 bits per heavy atom. The summed E-state index contributed by atoms with van der Waals surface area (Å²) in [6.45, 7) is 4.81. The number of hydrogen-bond donors (Lipinski definition) is 3. The fourth-order valence-electron chi connectivity index (χ4n) is 8.32. The predicted octanol–water partition coefficient (Wildman–Crippen LogP) is 5.06. The molecule has 1 aromatic carbocycles. The smallest absolute Gasteiger partial charge is 0.304 e. The number of carbonyl (C=O) groups excluding carboxylic acids is 1. The van der Waals surface area contributed by atoms with Crippen LogP contribution >= 0.6 is 0 Å². The van der Waals surface area contributed by atoms with Gasteiger partial charge in [0.25, 0.3) is 5.91 Å². The van der Waals surface area contributed by atoms with Crippen LogP contribution < -0.4 is 5.32 Å². The van der Waals surface area contributed by atoms with Gasteiger partial charge in [-0.2, -0.15) is 0 Å². The van der Waals surface area contributed by atoms with Crippen LogP contribution in [0.5, 0.6) is 0 Å². The number of carboxylic acids is 1. The van der Waals surface area contributed by atoms with E-state index in [1.807, 2.05) is 30.3 Å². The SMILES string of the molecule is C[C@]12CC[C@@H]3[C@H](CCC4=CC(=NOCC(=O)NC[C@H](CC(=O)O)c5ccccc5)CC[C@@]43C)[C@@H]1CC[C@H]2O. The Hall–Kier alpha value is -2.67. The first-order valence-electron chi connectivity index (χ1n) is 14.3. The van der Waals surface area contributed by atoms with Gasteiger partial charge in [0.2, 0.25) is 0 Å².